The number of hydrogen-bond donors (Lipinski definition) is 1. The highest BCUT2D eigenvalue weighted by Gasteiger charge is 2.47. The Morgan fingerprint density at radius 1 is 1.50 bits per heavy atom. The molecular formula is C10H19F3N2O. The molecule has 0 aromatic rings. The second kappa shape index (κ2) is 5.33. The van der Waals surface area contributed by atoms with Crippen molar-refractivity contribution in [2.24, 2.45) is 11.7 Å². The lowest BCUT2D eigenvalue weighted by atomic mass is 10.1. The standard InChI is InChI=1S/C10H19F3N2O/c1-7(14)9(10(11,12)13)15-4-3-8(5-15)6-16-2/h7-9H,3-6,14H2,1-2H3. The van der Waals surface area contributed by atoms with Crippen LogP contribution in [0, 0.1) is 5.92 Å². The molecule has 3 nitrogen and oxygen atoms in total. The summed E-state index contributed by atoms with van der Waals surface area (Å²) < 4.78 is 43.3. The van der Waals surface area contributed by atoms with Crippen LogP contribution in [0.2, 0.25) is 0 Å². The third-order valence-corrected chi connectivity index (χ3v) is 2.95. The van der Waals surface area contributed by atoms with E-state index in [0.29, 0.717) is 19.7 Å². The minimum absolute atomic E-state index is 0.189. The Hall–Kier alpha value is -0.330. The SMILES string of the molecule is COCC1CCN(C(C(C)N)C(F)(F)F)C1. The van der Waals surface area contributed by atoms with Crippen molar-refractivity contribution in [1.29, 1.82) is 0 Å². The van der Waals surface area contributed by atoms with Crippen molar-refractivity contribution in [1.82, 2.24) is 4.90 Å². The number of rotatable bonds is 4. The first kappa shape index (κ1) is 13.7. The van der Waals surface area contributed by atoms with Gasteiger partial charge in [-0.1, -0.05) is 0 Å². The zero-order chi connectivity index (χ0) is 12.3. The third-order valence-electron chi connectivity index (χ3n) is 2.95. The second-order valence-electron chi connectivity index (χ2n) is 4.45. The molecule has 96 valence electrons. The first-order valence-electron chi connectivity index (χ1n) is 5.41. The number of ether oxygens (including phenoxy) is 1. The van der Waals surface area contributed by atoms with Gasteiger partial charge in [0.05, 0.1) is 6.61 Å². The number of hydrogen-bond acceptors (Lipinski definition) is 3. The molecule has 0 aromatic heterocycles. The molecule has 0 bridgehead atoms. The number of nitrogens with two attached hydrogens (primary N) is 1. The van der Waals surface area contributed by atoms with E-state index in [0.717, 1.165) is 6.42 Å². The van der Waals surface area contributed by atoms with Gasteiger partial charge in [0.15, 0.2) is 0 Å². The van der Waals surface area contributed by atoms with Crippen LogP contribution < -0.4 is 5.73 Å². The monoisotopic (exact) mass is 240 g/mol. The van der Waals surface area contributed by atoms with Gasteiger partial charge in [-0.25, -0.2) is 0 Å². The first-order chi connectivity index (χ1) is 7.36. The average Bonchev–Trinajstić information content (AvgIpc) is 2.50. The molecule has 1 aliphatic heterocycles. The van der Waals surface area contributed by atoms with Crippen molar-refractivity contribution in [3.8, 4) is 0 Å². The minimum Gasteiger partial charge on any atom is -0.384 e. The van der Waals surface area contributed by atoms with E-state index in [1.807, 2.05) is 0 Å². The van der Waals surface area contributed by atoms with Gasteiger partial charge in [0.2, 0.25) is 0 Å². The van der Waals surface area contributed by atoms with Crippen LogP contribution >= 0.6 is 0 Å². The number of methoxy groups -OCH3 is 1. The summed E-state index contributed by atoms with van der Waals surface area (Å²) in [5, 5.41) is 0. The Labute approximate surface area is 93.7 Å². The highest BCUT2D eigenvalue weighted by atomic mass is 19.4. The molecule has 1 rings (SSSR count). The highest BCUT2D eigenvalue weighted by molar-refractivity contribution is 4.90. The topological polar surface area (TPSA) is 38.5 Å². The van der Waals surface area contributed by atoms with Crippen molar-refractivity contribution in [3.05, 3.63) is 0 Å². The summed E-state index contributed by atoms with van der Waals surface area (Å²) in [7, 11) is 1.56. The van der Waals surface area contributed by atoms with Gasteiger partial charge in [0, 0.05) is 19.7 Å². The summed E-state index contributed by atoms with van der Waals surface area (Å²) in [5.74, 6) is 0.189. The number of alkyl halides is 3. The zero-order valence-electron chi connectivity index (χ0n) is 9.63. The van der Waals surface area contributed by atoms with Crippen LogP contribution in [0.5, 0.6) is 0 Å². The first-order valence-corrected chi connectivity index (χ1v) is 5.41. The Morgan fingerprint density at radius 3 is 2.56 bits per heavy atom. The van der Waals surface area contributed by atoms with Gasteiger partial charge < -0.3 is 10.5 Å². The Balaban J connectivity index is 2.61. The van der Waals surface area contributed by atoms with E-state index >= 15 is 0 Å². The lowest BCUT2D eigenvalue weighted by Crippen LogP contribution is -2.54. The predicted molar refractivity (Wildman–Crippen MR) is 55.0 cm³/mol. The maximum absolute atomic E-state index is 12.8. The van der Waals surface area contributed by atoms with Crippen LogP contribution in [-0.2, 0) is 4.74 Å². The molecule has 6 heteroatoms. The summed E-state index contributed by atoms with van der Waals surface area (Å²) >= 11 is 0. The quantitative estimate of drug-likeness (QED) is 0.803. The van der Waals surface area contributed by atoms with Crippen molar-refractivity contribution >= 4 is 0 Å². The lowest BCUT2D eigenvalue weighted by Gasteiger charge is -2.32. The highest BCUT2D eigenvalue weighted by Crippen LogP contribution is 2.30. The van der Waals surface area contributed by atoms with Crippen LogP contribution in [-0.4, -0.2) is 50.0 Å². The maximum atomic E-state index is 12.8. The molecule has 0 aromatic carbocycles. The maximum Gasteiger partial charge on any atom is 0.405 e. The van der Waals surface area contributed by atoms with Gasteiger partial charge in [-0.3, -0.25) is 4.90 Å². The van der Waals surface area contributed by atoms with E-state index in [-0.39, 0.29) is 5.92 Å². The second-order valence-corrected chi connectivity index (χ2v) is 4.45. The molecule has 3 unspecified atom stereocenters. The van der Waals surface area contributed by atoms with Crippen molar-refractivity contribution in [2.75, 3.05) is 26.8 Å². The predicted octanol–water partition coefficient (Wildman–Crippen LogP) is 1.23. The van der Waals surface area contributed by atoms with Gasteiger partial charge in [-0.2, -0.15) is 13.2 Å². The summed E-state index contributed by atoms with van der Waals surface area (Å²) in [5.41, 5.74) is 5.43. The van der Waals surface area contributed by atoms with E-state index in [1.54, 1.807) is 7.11 Å². The van der Waals surface area contributed by atoms with Crippen molar-refractivity contribution in [3.63, 3.8) is 0 Å². The molecule has 0 amide bonds. The van der Waals surface area contributed by atoms with E-state index in [4.69, 9.17) is 10.5 Å². The Kier molecular flexibility index (Phi) is 4.58. The molecular weight excluding hydrogens is 221 g/mol. The van der Waals surface area contributed by atoms with Crippen LogP contribution in [0.15, 0.2) is 0 Å². The van der Waals surface area contributed by atoms with Gasteiger partial charge in [-0.05, 0) is 25.8 Å². The van der Waals surface area contributed by atoms with E-state index < -0.39 is 18.3 Å². The normalized spacial score (nSPS) is 27.0. The fourth-order valence-electron chi connectivity index (χ4n) is 2.32. The smallest absolute Gasteiger partial charge is 0.384 e. The number of nitrogens with zero attached hydrogens (tertiary/aromatic N) is 1. The molecule has 1 aliphatic rings. The Bertz CT molecular complexity index is 221. The van der Waals surface area contributed by atoms with Gasteiger partial charge in [-0.15, -0.1) is 0 Å². The summed E-state index contributed by atoms with van der Waals surface area (Å²) in [6.07, 6.45) is -3.51. The van der Waals surface area contributed by atoms with E-state index in [9.17, 15) is 13.2 Å². The summed E-state index contributed by atoms with van der Waals surface area (Å²) in [4.78, 5) is 1.42. The molecule has 1 saturated heterocycles. The van der Waals surface area contributed by atoms with E-state index in [2.05, 4.69) is 0 Å². The van der Waals surface area contributed by atoms with Gasteiger partial charge >= 0.3 is 6.18 Å². The van der Waals surface area contributed by atoms with Gasteiger partial charge in [0.1, 0.15) is 6.04 Å². The molecule has 0 aliphatic carbocycles. The average molecular weight is 240 g/mol. The fourth-order valence-corrected chi connectivity index (χ4v) is 2.32. The lowest BCUT2D eigenvalue weighted by molar-refractivity contribution is -0.185. The van der Waals surface area contributed by atoms with Crippen molar-refractivity contribution in [2.45, 2.75) is 31.6 Å². The van der Waals surface area contributed by atoms with Crippen LogP contribution in [0.1, 0.15) is 13.3 Å². The minimum atomic E-state index is -4.25. The zero-order valence-corrected chi connectivity index (χ0v) is 9.63. The number of likely N-dealkylation sites (tertiary alicyclic amines) is 1. The van der Waals surface area contributed by atoms with Crippen molar-refractivity contribution < 1.29 is 17.9 Å². The molecule has 0 saturated carbocycles. The number of halogens is 3. The molecule has 3 atom stereocenters. The van der Waals surface area contributed by atoms with Gasteiger partial charge in [0.25, 0.3) is 0 Å². The van der Waals surface area contributed by atoms with Crippen LogP contribution in [0.3, 0.4) is 0 Å². The Morgan fingerprint density at radius 2 is 2.12 bits per heavy atom. The van der Waals surface area contributed by atoms with Crippen LogP contribution in [0.25, 0.3) is 0 Å². The molecule has 1 fully saturated rings. The van der Waals surface area contributed by atoms with Crippen LogP contribution in [0.4, 0.5) is 13.2 Å². The summed E-state index contributed by atoms with van der Waals surface area (Å²) in [6.45, 7) is 2.78. The summed E-state index contributed by atoms with van der Waals surface area (Å²) in [6, 6.07) is -2.43. The van der Waals surface area contributed by atoms with E-state index in [1.165, 1.54) is 11.8 Å². The molecule has 16 heavy (non-hydrogen) atoms. The fraction of sp³-hybridized carbons (Fsp3) is 1.00. The molecule has 0 radical (unpaired) electrons. The largest absolute Gasteiger partial charge is 0.405 e. The molecule has 2 N–H and O–H groups in total. The third kappa shape index (κ3) is 3.33. The molecule has 0 spiro atoms. The molecule has 1 heterocycles.